The van der Waals surface area contributed by atoms with Gasteiger partial charge in [-0.2, -0.15) is 0 Å². The second-order valence-corrected chi connectivity index (χ2v) is 4.10. The zero-order chi connectivity index (χ0) is 17.6. The summed E-state index contributed by atoms with van der Waals surface area (Å²) >= 11 is 0. The van der Waals surface area contributed by atoms with E-state index in [4.69, 9.17) is 0 Å². The Hall–Kier alpha value is -1.31. The van der Waals surface area contributed by atoms with Gasteiger partial charge in [0.1, 0.15) is 0 Å². The van der Waals surface area contributed by atoms with E-state index in [1.807, 2.05) is 0 Å². The Kier molecular flexibility index (Phi) is 30.0. The number of carbonyl (C=O) groups is 3. The van der Waals surface area contributed by atoms with Gasteiger partial charge < -0.3 is 20.8 Å². The predicted molar refractivity (Wildman–Crippen MR) is 76.9 cm³/mol. The second kappa shape index (κ2) is 20.7. The van der Waals surface area contributed by atoms with Crippen LogP contribution in [0, 0.1) is 0 Å². The van der Waals surface area contributed by atoms with Gasteiger partial charge in [0, 0.05) is 0 Å². The molecule has 7 nitrogen and oxygen atoms in total. The van der Waals surface area contributed by atoms with Gasteiger partial charge in [-0.25, -0.2) is 0 Å². The predicted octanol–water partition coefficient (Wildman–Crippen LogP) is -1.31. The van der Waals surface area contributed by atoms with Crippen LogP contribution in [0.4, 0.5) is 0 Å². The number of carbonyl (C=O) groups excluding carboxylic acids is 3. The Morgan fingerprint density at radius 2 is 0.696 bits per heavy atom. The zero-order valence-electron chi connectivity index (χ0n) is 14.3. The average molecular weight is 404 g/mol. The van der Waals surface area contributed by atoms with Crippen LogP contribution in [0.3, 0.4) is 0 Å². The van der Waals surface area contributed by atoms with E-state index in [2.05, 4.69) is 0 Å². The van der Waals surface area contributed by atoms with Crippen LogP contribution in [0.5, 0.6) is 0 Å². The first-order valence-electron chi connectivity index (χ1n) is 5.96. The van der Waals surface area contributed by atoms with Gasteiger partial charge in [-0.3, -0.25) is 14.4 Å². The third kappa shape index (κ3) is 63.2. The zero-order valence-corrected chi connectivity index (χ0v) is 17.1. The van der Waals surface area contributed by atoms with Gasteiger partial charge in [0.15, 0.2) is 17.3 Å². The molecule has 0 spiro atoms. The van der Waals surface area contributed by atoms with Gasteiger partial charge in [-0.05, 0) is 39.0 Å². The third-order valence-corrected chi connectivity index (χ3v) is 1.22. The van der Waals surface area contributed by atoms with Crippen LogP contribution in [0.25, 0.3) is 0 Å². The van der Waals surface area contributed by atoms with Crippen molar-refractivity contribution in [3.63, 3.8) is 0 Å². The Bertz CT molecular complexity index is 370. The first-order valence-corrected chi connectivity index (χ1v) is 5.96. The Morgan fingerprint density at radius 1 is 0.565 bits per heavy atom. The minimum Gasteiger partial charge on any atom is -0.876 e. The molecule has 0 heterocycles. The van der Waals surface area contributed by atoms with Crippen molar-refractivity contribution < 1.29 is 67.9 Å². The van der Waals surface area contributed by atoms with E-state index < -0.39 is 0 Å². The fourth-order valence-electron chi connectivity index (χ4n) is 0.859. The molecule has 8 heteroatoms. The first-order chi connectivity index (χ1) is 9.38. The first kappa shape index (κ1) is 33.3. The smallest absolute Gasteiger partial charge is 0.876 e. The SMILES string of the molecule is CC(=O)/C=C(/C)[O-].CC(=O)/C=C(/C)[O-].CC(=O)/C=C(/C)[O-].O.[Y+3]. The van der Waals surface area contributed by atoms with E-state index in [0.29, 0.717) is 0 Å². The maximum atomic E-state index is 9.98. The van der Waals surface area contributed by atoms with Crippen LogP contribution < -0.4 is 15.3 Å². The van der Waals surface area contributed by atoms with Crippen molar-refractivity contribution in [2.75, 3.05) is 0 Å². The van der Waals surface area contributed by atoms with Crippen molar-refractivity contribution in [2.24, 2.45) is 0 Å². The maximum Gasteiger partial charge on any atom is 3.00 e. The maximum absolute atomic E-state index is 9.98. The number of hydrogen-bond donors (Lipinski definition) is 0. The second-order valence-electron chi connectivity index (χ2n) is 4.10. The number of ketones is 3. The molecule has 0 unspecified atom stereocenters. The molecule has 0 aliphatic rings. The standard InChI is InChI=1S/3C5H8O2.H2O.Y/c3*1-4(6)3-5(2)7;;/h3*3,6H,1-2H3;1H2;/q;;;;+3/p-3/b3*4-3-;;. The molecule has 0 bridgehead atoms. The molecule has 0 rings (SSSR count). The Morgan fingerprint density at radius 3 is 0.696 bits per heavy atom. The van der Waals surface area contributed by atoms with Crippen molar-refractivity contribution in [2.45, 2.75) is 41.5 Å². The summed E-state index contributed by atoms with van der Waals surface area (Å²) in [5.41, 5.74) is 0. The molecule has 0 amide bonds. The number of allylic oxidation sites excluding steroid dienone is 6. The number of hydrogen-bond acceptors (Lipinski definition) is 6. The molecule has 0 radical (unpaired) electrons. The monoisotopic (exact) mass is 404 g/mol. The third-order valence-electron chi connectivity index (χ3n) is 1.22. The van der Waals surface area contributed by atoms with Crippen molar-refractivity contribution in [3.05, 3.63) is 35.5 Å². The molecule has 0 aliphatic heterocycles. The van der Waals surface area contributed by atoms with Gasteiger partial charge in [-0.1, -0.05) is 20.8 Å². The van der Waals surface area contributed by atoms with E-state index in [9.17, 15) is 29.7 Å². The van der Waals surface area contributed by atoms with Crippen molar-refractivity contribution >= 4 is 17.3 Å². The number of rotatable bonds is 3. The van der Waals surface area contributed by atoms with Crippen LogP contribution in [-0.4, -0.2) is 22.8 Å². The molecule has 0 saturated carbocycles. The summed E-state index contributed by atoms with van der Waals surface area (Å²) in [5, 5.41) is 29.9. The summed E-state index contributed by atoms with van der Waals surface area (Å²) in [4.78, 5) is 29.9. The van der Waals surface area contributed by atoms with Gasteiger partial charge in [0.05, 0.1) is 0 Å². The molecule has 0 atom stereocenters. The molecular formula is C15H23O7Y. The molecule has 0 aliphatic carbocycles. The molecule has 128 valence electrons. The van der Waals surface area contributed by atoms with Gasteiger partial charge in [0.25, 0.3) is 0 Å². The molecular weight excluding hydrogens is 381 g/mol. The normalized spacial score (nSPS) is 10.4. The van der Waals surface area contributed by atoms with Crippen LogP contribution in [0.1, 0.15) is 41.5 Å². The molecule has 0 saturated heterocycles. The van der Waals surface area contributed by atoms with Crippen LogP contribution in [-0.2, 0) is 47.1 Å². The van der Waals surface area contributed by atoms with Crippen molar-refractivity contribution in [1.29, 1.82) is 0 Å². The molecule has 23 heavy (non-hydrogen) atoms. The van der Waals surface area contributed by atoms with Crippen LogP contribution in [0.2, 0.25) is 0 Å². The quantitative estimate of drug-likeness (QED) is 0.421. The Balaban J connectivity index is -0.0000000675. The van der Waals surface area contributed by atoms with E-state index in [1.165, 1.54) is 41.5 Å². The molecule has 0 fully saturated rings. The fourth-order valence-corrected chi connectivity index (χ4v) is 0.859. The van der Waals surface area contributed by atoms with E-state index in [0.717, 1.165) is 18.2 Å². The van der Waals surface area contributed by atoms with Crippen molar-refractivity contribution in [3.8, 4) is 0 Å². The van der Waals surface area contributed by atoms with Gasteiger partial charge in [-0.15, -0.1) is 17.3 Å². The molecule has 0 aromatic rings. The largest absolute Gasteiger partial charge is 3.00 e. The summed E-state index contributed by atoms with van der Waals surface area (Å²) < 4.78 is 0. The summed E-state index contributed by atoms with van der Waals surface area (Å²) in [6.07, 6.45) is 3.17. The topological polar surface area (TPSA) is 152 Å². The van der Waals surface area contributed by atoms with Gasteiger partial charge >= 0.3 is 32.7 Å². The summed E-state index contributed by atoms with van der Waals surface area (Å²) in [6.45, 7) is 8.09. The van der Waals surface area contributed by atoms with E-state index in [1.54, 1.807) is 0 Å². The minimum absolute atomic E-state index is 0. The van der Waals surface area contributed by atoms with Crippen LogP contribution in [0.15, 0.2) is 35.5 Å². The minimum atomic E-state index is -0.187. The van der Waals surface area contributed by atoms with Crippen LogP contribution >= 0.6 is 0 Å². The average Bonchev–Trinajstić information content (AvgIpc) is 2.10. The molecule has 2 N–H and O–H groups in total. The summed E-state index contributed by atoms with van der Waals surface area (Å²) in [7, 11) is 0. The summed E-state index contributed by atoms with van der Waals surface area (Å²) in [6, 6.07) is 0. The van der Waals surface area contributed by atoms with E-state index in [-0.39, 0.29) is 72.8 Å². The molecule has 0 aromatic heterocycles. The fraction of sp³-hybridized carbons (Fsp3) is 0.400. The van der Waals surface area contributed by atoms with Gasteiger partial charge in [0.2, 0.25) is 0 Å². The molecule has 0 aromatic carbocycles. The Labute approximate surface area is 162 Å². The van der Waals surface area contributed by atoms with Crippen molar-refractivity contribution in [1.82, 2.24) is 0 Å². The van der Waals surface area contributed by atoms with E-state index >= 15 is 0 Å². The summed E-state index contributed by atoms with van der Waals surface area (Å²) in [5.74, 6) is -1.12.